The quantitative estimate of drug-likeness (QED) is 0.924. The summed E-state index contributed by atoms with van der Waals surface area (Å²) >= 11 is 3.52. The van der Waals surface area contributed by atoms with Gasteiger partial charge in [0.15, 0.2) is 0 Å². The fraction of sp³-hybridized carbons (Fsp3) is 0.667. The van der Waals surface area contributed by atoms with E-state index >= 15 is 0 Å². The molecule has 1 atom stereocenters. The molecular formula is C12H19BrN4. The van der Waals surface area contributed by atoms with Crippen molar-refractivity contribution in [3.8, 4) is 0 Å². The summed E-state index contributed by atoms with van der Waals surface area (Å²) in [5.74, 6) is 1.76. The molecule has 1 N–H and O–H groups in total. The molecule has 4 nitrogen and oxygen atoms in total. The van der Waals surface area contributed by atoms with Crippen LogP contribution in [0.4, 0.5) is 5.82 Å². The maximum absolute atomic E-state index is 4.36. The first-order chi connectivity index (χ1) is 8.31. The second kappa shape index (κ2) is 6.31. The number of anilines is 1. The van der Waals surface area contributed by atoms with Crippen molar-refractivity contribution < 1.29 is 0 Å². The summed E-state index contributed by atoms with van der Waals surface area (Å²) in [5, 5.41) is 3.43. The van der Waals surface area contributed by atoms with Crippen LogP contribution in [0.5, 0.6) is 0 Å². The molecule has 1 aromatic rings. The van der Waals surface area contributed by atoms with Crippen molar-refractivity contribution in [1.82, 2.24) is 15.3 Å². The van der Waals surface area contributed by atoms with Gasteiger partial charge in [-0.2, -0.15) is 0 Å². The van der Waals surface area contributed by atoms with E-state index in [1.807, 2.05) is 6.20 Å². The summed E-state index contributed by atoms with van der Waals surface area (Å²) in [4.78, 5) is 10.7. The maximum atomic E-state index is 4.36. The monoisotopic (exact) mass is 298 g/mol. The Hall–Kier alpha value is -0.680. The molecule has 0 bridgehead atoms. The highest BCUT2D eigenvalue weighted by Gasteiger charge is 2.21. The van der Waals surface area contributed by atoms with Crippen molar-refractivity contribution in [3.63, 3.8) is 0 Å². The third-order valence-electron chi connectivity index (χ3n) is 3.15. The van der Waals surface area contributed by atoms with Gasteiger partial charge in [-0.3, -0.25) is 0 Å². The molecule has 5 heteroatoms. The topological polar surface area (TPSA) is 41.0 Å². The van der Waals surface area contributed by atoms with Crippen LogP contribution >= 0.6 is 15.9 Å². The molecule has 1 unspecified atom stereocenters. The lowest BCUT2D eigenvalue weighted by molar-refractivity contribution is 0.394. The summed E-state index contributed by atoms with van der Waals surface area (Å²) < 4.78 is 0.990. The molecule has 1 aromatic heterocycles. The lowest BCUT2D eigenvalue weighted by Crippen LogP contribution is -2.40. The number of rotatable bonds is 4. The Kier molecular flexibility index (Phi) is 4.74. The van der Waals surface area contributed by atoms with E-state index in [9.17, 15) is 0 Å². The lowest BCUT2D eigenvalue weighted by Gasteiger charge is -2.34. The first-order valence-electron chi connectivity index (χ1n) is 6.22. The van der Waals surface area contributed by atoms with Gasteiger partial charge in [-0.05, 0) is 47.8 Å². The largest absolute Gasteiger partial charge is 0.355 e. The second-order valence-electron chi connectivity index (χ2n) is 4.46. The first kappa shape index (κ1) is 12.8. The average molecular weight is 299 g/mol. The van der Waals surface area contributed by atoms with E-state index < -0.39 is 0 Å². The molecule has 0 aliphatic carbocycles. The minimum atomic E-state index is 0.727. The summed E-state index contributed by atoms with van der Waals surface area (Å²) in [6, 6.07) is 0. The fourth-order valence-electron chi connectivity index (χ4n) is 2.31. The van der Waals surface area contributed by atoms with Crippen molar-refractivity contribution >= 4 is 21.7 Å². The van der Waals surface area contributed by atoms with Crippen LogP contribution in [0.3, 0.4) is 0 Å². The van der Waals surface area contributed by atoms with Crippen LogP contribution in [0.2, 0.25) is 0 Å². The molecule has 0 saturated carbocycles. The molecule has 2 heterocycles. The Balaban J connectivity index is 1.99. The number of nitrogens with one attached hydrogen (secondary N) is 1. The predicted molar refractivity (Wildman–Crippen MR) is 73.2 cm³/mol. The third-order valence-corrected chi connectivity index (χ3v) is 3.71. The number of hydrogen-bond acceptors (Lipinski definition) is 4. The van der Waals surface area contributed by atoms with Gasteiger partial charge in [0.2, 0.25) is 0 Å². The zero-order valence-corrected chi connectivity index (χ0v) is 11.8. The average Bonchev–Trinajstić information content (AvgIpc) is 2.37. The van der Waals surface area contributed by atoms with E-state index in [1.54, 1.807) is 6.33 Å². The third kappa shape index (κ3) is 3.39. The first-order valence-corrected chi connectivity index (χ1v) is 7.01. The Labute approximate surface area is 111 Å². The molecule has 0 amide bonds. The van der Waals surface area contributed by atoms with Crippen LogP contribution in [0.1, 0.15) is 19.8 Å². The standard InChI is InChI=1S/C12H19BrN4/c1-2-14-6-10-4-3-5-17(8-10)12-11(13)7-15-9-16-12/h7,9-10,14H,2-6,8H2,1H3. The van der Waals surface area contributed by atoms with Gasteiger partial charge in [0.05, 0.1) is 4.47 Å². The van der Waals surface area contributed by atoms with E-state index in [4.69, 9.17) is 0 Å². The van der Waals surface area contributed by atoms with Crippen LogP contribution in [0, 0.1) is 5.92 Å². The number of halogens is 1. The highest BCUT2D eigenvalue weighted by Crippen LogP contribution is 2.26. The number of aromatic nitrogens is 2. The minimum Gasteiger partial charge on any atom is -0.355 e. The van der Waals surface area contributed by atoms with Gasteiger partial charge in [0, 0.05) is 19.3 Å². The molecule has 17 heavy (non-hydrogen) atoms. The second-order valence-corrected chi connectivity index (χ2v) is 5.31. The van der Waals surface area contributed by atoms with E-state index in [0.717, 1.165) is 42.4 Å². The predicted octanol–water partition coefficient (Wildman–Crippen LogP) is 2.06. The van der Waals surface area contributed by atoms with E-state index in [-0.39, 0.29) is 0 Å². The molecule has 1 aliphatic rings. The normalized spacial score (nSPS) is 20.6. The smallest absolute Gasteiger partial charge is 0.146 e. The SMILES string of the molecule is CCNCC1CCCN(c2ncncc2Br)C1. The molecular weight excluding hydrogens is 280 g/mol. The number of nitrogens with zero attached hydrogens (tertiary/aromatic N) is 3. The highest BCUT2D eigenvalue weighted by molar-refractivity contribution is 9.10. The molecule has 0 aromatic carbocycles. The minimum absolute atomic E-state index is 0.727. The van der Waals surface area contributed by atoms with Gasteiger partial charge in [-0.15, -0.1) is 0 Å². The van der Waals surface area contributed by atoms with Crippen LogP contribution in [-0.2, 0) is 0 Å². The molecule has 1 fully saturated rings. The molecule has 2 rings (SSSR count). The van der Waals surface area contributed by atoms with Crippen molar-refractivity contribution in [1.29, 1.82) is 0 Å². The molecule has 1 aliphatic heterocycles. The fourth-order valence-corrected chi connectivity index (χ4v) is 2.78. The molecule has 0 radical (unpaired) electrons. The Bertz CT molecular complexity index is 358. The van der Waals surface area contributed by atoms with Crippen molar-refractivity contribution in [3.05, 3.63) is 17.0 Å². The van der Waals surface area contributed by atoms with Crippen LogP contribution < -0.4 is 10.2 Å². The summed E-state index contributed by atoms with van der Waals surface area (Å²) in [7, 11) is 0. The summed E-state index contributed by atoms with van der Waals surface area (Å²) in [6.07, 6.45) is 5.99. The van der Waals surface area contributed by atoms with Gasteiger partial charge >= 0.3 is 0 Å². The van der Waals surface area contributed by atoms with Gasteiger partial charge in [-0.25, -0.2) is 9.97 Å². The van der Waals surface area contributed by atoms with Crippen LogP contribution in [0.15, 0.2) is 17.0 Å². The van der Waals surface area contributed by atoms with E-state index in [0.29, 0.717) is 0 Å². The number of piperidine rings is 1. The number of hydrogen-bond donors (Lipinski definition) is 1. The van der Waals surface area contributed by atoms with Crippen LogP contribution in [-0.4, -0.2) is 36.1 Å². The maximum Gasteiger partial charge on any atom is 0.146 e. The molecule has 94 valence electrons. The molecule has 1 saturated heterocycles. The lowest BCUT2D eigenvalue weighted by atomic mass is 9.98. The van der Waals surface area contributed by atoms with E-state index in [2.05, 4.69) is 43.0 Å². The van der Waals surface area contributed by atoms with Gasteiger partial charge in [0.25, 0.3) is 0 Å². The van der Waals surface area contributed by atoms with Gasteiger partial charge in [-0.1, -0.05) is 6.92 Å². The zero-order chi connectivity index (χ0) is 12.1. The van der Waals surface area contributed by atoms with Crippen molar-refractivity contribution in [2.24, 2.45) is 5.92 Å². The Morgan fingerprint density at radius 2 is 2.47 bits per heavy atom. The Morgan fingerprint density at radius 3 is 3.24 bits per heavy atom. The van der Waals surface area contributed by atoms with Gasteiger partial charge < -0.3 is 10.2 Å². The summed E-state index contributed by atoms with van der Waals surface area (Å²) in [6.45, 7) is 6.49. The van der Waals surface area contributed by atoms with Gasteiger partial charge in [0.1, 0.15) is 12.1 Å². The van der Waals surface area contributed by atoms with Crippen molar-refractivity contribution in [2.45, 2.75) is 19.8 Å². The Morgan fingerprint density at radius 1 is 1.59 bits per heavy atom. The summed E-state index contributed by atoms with van der Waals surface area (Å²) in [5.41, 5.74) is 0. The molecule has 0 spiro atoms. The van der Waals surface area contributed by atoms with Crippen LogP contribution in [0.25, 0.3) is 0 Å². The highest BCUT2D eigenvalue weighted by atomic mass is 79.9. The van der Waals surface area contributed by atoms with Crippen molar-refractivity contribution in [2.75, 3.05) is 31.1 Å². The zero-order valence-electron chi connectivity index (χ0n) is 10.2. The van der Waals surface area contributed by atoms with E-state index in [1.165, 1.54) is 12.8 Å².